The average molecular weight is 204 g/mol. The van der Waals surface area contributed by atoms with Gasteiger partial charge in [0.1, 0.15) is 5.69 Å². The smallest absolute Gasteiger partial charge is 0.354 e. The van der Waals surface area contributed by atoms with Crippen LogP contribution in [0.15, 0.2) is 18.3 Å². The topological polar surface area (TPSA) is 87.5 Å². The van der Waals surface area contributed by atoms with Gasteiger partial charge in [-0.25, -0.2) is 14.6 Å². The summed E-state index contributed by atoms with van der Waals surface area (Å²) in [5, 5.41) is 16.9. The van der Waals surface area contributed by atoms with E-state index in [9.17, 15) is 9.59 Å². The number of nitrogens with zero attached hydrogens (tertiary/aromatic N) is 1. The van der Waals surface area contributed by atoms with Crippen molar-refractivity contribution in [1.82, 2.24) is 4.98 Å². The Morgan fingerprint density at radius 2 is 1.85 bits per heavy atom. The number of halogens is 1. The second-order valence-electron chi connectivity index (χ2n) is 2.04. The molecule has 0 aliphatic carbocycles. The SMILES string of the molecule is Cl.O=C(O)c1ccnc(C(=O)O)c1. The molecule has 6 heteroatoms. The zero-order valence-electron chi connectivity index (χ0n) is 6.30. The number of hydrogen-bond acceptors (Lipinski definition) is 3. The van der Waals surface area contributed by atoms with Gasteiger partial charge in [0.15, 0.2) is 0 Å². The highest BCUT2D eigenvalue weighted by atomic mass is 35.5. The van der Waals surface area contributed by atoms with Crippen LogP contribution in [0.3, 0.4) is 0 Å². The highest BCUT2D eigenvalue weighted by Gasteiger charge is 2.08. The Bertz CT molecular complexity index is 310. The predicted molar refractivity (Wildman–Crippen MR) is 45.4 cm³/mol. The summed E-state index contributed by atoms with van der Waals surface area (Å²) in [6.45, 7) is 0. The van der Waals surface area contributed by atoms with Gasteiger partial charge in [-0.3, -0.25) is 0 Å². The van der Waals surface area contributed by atoms with Gasteiger partial charge in [-0.15, -0.1) is 12.4 Å². The van der Waals surface area contributed by atoms with E-state index in [2.05, 4.69) is 4.98 Å². The third kappa shape index (κ3) is 2.72. The standard InChI is InChI=1S/C7H5NO4.ClH/c9-6(10)4-1-2-8-5(3-4)7(11)12;/h1-3H,(H,9,10)(H,11,12);1H. The largest absolute Gasteiger partial charge is 0.478 e. The lowest BCUT2D eigenvalue weighted by molar-refractivity contribution is 0.0690. The average Bonchev–Trinajstić information content (AvgIpc) is 2.04. The molecule has 0 saturated carbocycles. The molecular formula is C7H6ClNO4. The number of aromatic carboxylic acids is 2. The Kier molecular flexibility index (Phi) is 3.87. The molecule has 0 atom stereocenters. The van der Waals surface area contributed by atoms with Gasteiger partial charge in [-0.2, -0.15) is 0 Å². The van der Waals surface area contributed by atoms with Gasteiger partial charge in [0.05, 0.1) is 5.56 Å². The quantitative estimate of drug-likeness (QED) is 0.746. The lowest BCUT2D eigenvalue weighted by Crippen LogP contribution is -2.03. The molecule has 5 nitrogen and oxygen atoms in total. The number of rotatable bonds is 2. The van der Waals surface area contributed by atoms with Crippen LogP contribution >= 0.6 is 12.4 Å². The first kappa shape index (κ1) is 11.4. The molecule has 13 heavy (non-hydrogen) atoms. The van der Waals surface area contributed by atoms with Crippen LogP contribution in [0.1, 0.15) is 20.8 Å². The maximum absolute atomic E-state index is 10.4. The summed E-state index contributed by atoms with van der Waals surface area (Å²) in [4.78, 5) is 24.1. The molecule has 0 spiro atoms. The van der Waals surface area contributed by atoms with Gasteiger partial charge < -0.3 is 10.2 Å². The Balaban J connectivity index is 0.00000144. The summed E-state index contributed by atoms with van der Waals surface area (Å²) in [6.07, 6.45) is 1.15. The molecule has 70 valence electrons. The number of pyridine rings is 1. The number of hydrogen-bond donors (Lipinski definition) is 2. The minimum absolute atomic E-state index is 0. The van der Waals surface area contributed by atoms with Gasteiger partial charge in [-0.05, 0) is 12.1 Å². The molecule has 0 radical (unpaired) electrons. The molecule has 0 saturated heterocycles. The fourth-order valence-corrected chi connectivity index (χ4v) is 0.681. The Morgan fingerprint density at radius 1 is 1.23 bits per heavy atom. The predicted octanol–water partition coefficient (Wildman–Crippen LogP) is 0.900. The molecule has 2 N–H and O–H groups in total. The van der Waals surface area contributed by atoms with Crippen molar-refractivity contribution < 1.29 is 19.8 Å². The summed E-state index contributed by atoms with van der Waals surface area (Å²) in [7, 11) is 0. The van der Waals surface area contributed by atoms with Crippen LogP contribution in [-0.4, -0.2) is 27.1 Å². The van der Waals surface area contributed by atoms with Crippen molar-refractivity contribution in [2.45, 2.75) is 0 Å². The Morgan fingerprint density at radius 3 is 2.31 bits per heavy atom. The first-order chi connectivity index (χ1) is 5.61. The third-order valence-electron chi connectivity index (χ3n) is 1.23. The highest BCUT2D eigenvalue weighted by molar-refractivity contribution is 5.92. The van der Waals surface area contributed by atoms with Crippen molar-refractivity contribution in [2.75, 3.05) is 0 Å². The Labute approximate surface area is 79.4 Å². The van der Waals surface area contributed by atoms with Gasteiger partial charge in [-0.1, -0.05) is 0 Å². The van der Waals surface area contributed by atoms with E-state index >= 15 is 0 Å². The first-order valence-electron chi connectivity index (χ1n) is 3.04. The van der Waals surface area contributed by atoms with Crippen molar-refractivity contribution >= 4 is 24.3 Å². The van der Waals surface area contributed by atoms with E-state index in [1.165, 1.54) is 6.07 Å². The van der Waals surface area contributed by atoms with Crippen LogP contribution in [0.25, 0.3) is 0 Å². The second-order valence-corrected chi connectivity index (χ2v) is 2.04. The first-order valence-corrected chi connectivity index (χ1v) is 3.04. The van der Waals surface area contributed by atoms with Gasteiger partial charge in [0.2, 0.25) is 0 Å². The molecule has 0 fully saturated rings. The van der Waals surface area contributed by atoms with Crippen LogP contribution in [0, 0.1) is 0 Å². The van der Waals surface area contributed by atoms with Crippen LogP contribution in [-0.2, 0) is 0 Å². The third-order valence-corrected chi connectivity index (χ3v) is 1.23. The molecule has 1 aromatic rings. The van der Waals surface area contributed by atoms with E-state index in [0.717, 1.165) is 12.3 Å². The van der Waals surface area contributed by atoms with E-state index in [1.807, 2.05) is 0 Å². The molecule has 0 aliphatic heterocycles. The van der Waals surface area contributed by atoms with Gasteiger partial charge in [0.25, 0.3) is 0 Å². The van der Waals surface area contributed by atoms with E-state index in [4.69, 9.17) is 10.2 Å². The molecular weight excluding hydrogens is 198 g/mol. The number of carboxylic acids is 2. The van der Waals surface area contributed by atoms with E-state index in [1.54, 1.807) is 0 Å². The summed E-state index contributed by atoms with van der Waals surface area (Å²) in [6, 6.07) is 2.24. The summed E-state index contributed by atoms with van der Waals surface area (Å²) in [5.74, 6) is -2.40. The van der Waals surface area contributed by atoms with Crippen LogP contribution in [0.5, 0.6) is 0 Å². The van der Waals surface area contributed by atoms with Gasteiger partial charge >= 0.3 is 11.9 Å². The summed E-state index contributed by atoms with van der Waals surface area (Å²) < 4.78 is 0. The van der Waals surface area contributed by atoms with Gasteiger partial charge in [0, 0.05) is 6.20 Å². The Hall–Kier alpha value is -1.62. The van der Waals surface area contributed by atoms with Crippen molar-refractivity contribution in [3.8, 4) is 0 Å². The number of aromatic nitrogens is 1. The minimum Gasteiger partial charge on any atom is -0.478 e. The number of carboxylic acid groups (broad SMARTS) is 2. The molecule has 0 bridgehead atoms. The fraction of sp³-hybridized carbons (Fsp3) is 0. The molecule has 1 heterocycles. The molecule has 1 rings (SSSR count). The number of carbonyl (C=O) groups is 2. The van der Waals surface area contributed by atoms with Crippen LogP contribution in [0.4, 0.5) is 0 Å². The van der Waals surface area contributed by atoms with Crippen LogP contribution < -0.4 is 0 Å². The lowest BCUT2D eigenvalue weighted by atomic mass is 10.2. The zero-order chi connectivity index (χ0) is 9.14. The van der Waals surface area contributed by atoms with Crippen molar-refractivity contribution in [3.05, 3.63) is 29.6 Å². The molecule has 1 aromatic heterocycles. The van der Waals surface area contributed by atoms with E-state index in [-0.39, 0.29) is 23.7 Å². The maximum atomic E-state index is 10.4. The zero-order valence-corrected chi connectivity index (χ0v) is 7.11. The fourth-order valence-electron chi connectivity index (χ4n) is 0.681. The van der Waals surface area contributed by atoms with Crippen molar-refractivity contribution in [2.24, 2.45) is 0 Å². The van der Waals surface area contributed by atoms with Crippen molar-refractivity contribution in [3.63, 3.8) is 0 Å². The summed E-state index contributed by atoms with van der Waals surface area (Å²) in [5.41, 5.74) is -0.350. The lowest BCUT2D eigenvalue weighted by Gasteiger charge is -1.94. The molecule has 0 amide bonds. The summed E-state index contributed by atoms with van der Waals surface area (Å²) >= 11 is 0. The molecule has 0 unspecified atom stereocenters. The van der Waals surface area contributed by atoms with E-state index in [0.29, 0.717) is 0 Å². The van der Waals surface area contributed by atoms with E-state index < -0.39 is 11.9 Å². The maximum Gasteiger partial charge on any atom is 0.354 e. The van der Waals surface area contributed by atoms with Crippen molar-refractivity contribution in [1.29, 1.82) is 0 Å². The monoisotopic (exact) mass is 203 g/mol. The van der Waals surface area contributed by atoms with Crippen LogP contribution in [0.2, 0.25) is 0 Å². The second kappa shape index (κ2) is 4.42. The highest BCUT2D eigenvalue weighted by Crippen LogP contribution is 2.01. The minimum atomic E-state index is -1.24. The molecule has 0 aromatic carbocycles. The molecule has 0 aliphatic rings. The normalized spacial score (nSPS) is 8.62.